The summed E-state index contributed by atoms with van der Waals surface area (Å²) in [6.07, 6.45) is 5.99. The van der Waals surface area contributed by atoms with E-state index in [1.807, 2.05) is 66.7 Å². The molecule has 234 valence electrons. The molecule has 1 saturated carbocycles. The minimum absolute atomic E-state index is 0.0912. The predicted octanol–water partition coefficient (Wildman–Crippen LogP) is 6.87. The Balaban J connectivity index is 1.25. The number of sulfonamides is 1. The molecule has 0 spiro atoms. The van der Waals surface area contributed by atoms with Crippen LogP contribution in [0.3, 0.4) is 0 Å². The van der Waals surface area contributed by atoms with Crippen molar-refractivity contribution >= 4 is 49.9 Å². The average Bonchev–Trinajstić information content (AvgIpc) is 3.27. The van der Waals surface area contributed by atoms with Crippen molar-refractivity contribution in [2.75, 3.05) is 10.8 Å². The van der Waals surface area contributed by atoms with Gasteiger partial charge in [-0.1, -0.05) is 97.6 Å². The van der Waals surface area contributed by atoms with Crippen LogP contribution in [0, 0.1) is 0 Å². The molecule has 1 heterocycles. The van der Waals surface area contributed by atoms with Crippen molar-refractivity contribution in [2.24, 2.45) is 0 Å². The van der Waals surface area contributed by atoms with E-state index in [0.717, 1.165) is 47.6 Å². The lowest BCUT2D eigenvalue weighted by atomic mass is 9.94. The normalized spacial score (nSPS) is 16.4. The zero-order valence-corrected chi connectivity index (χ0v) is 26.8. The van der Waals surface area contributed by atoms with Crippen LogP contribution in [0.25, 0.3) is 10.8 Å². The van der Waals surface area contributed by atoms with Gasteiger partial charge in [0.2, 0.25) is 11.8 Å². The van der Waals surface area contributed by atoms with Crippen LogP contribution >= 0.6 is 11.6 Å². The van der Waals surface area contributed by atoms with Crippen LogP contribution in [0.5, 0.6) is 0 Å². The first-order valence-electron chi connectivity index (χ1n) is 15.7. The standard InChI is InChI=1S/C36H38ClN3O4S/c37-29-21-19-27(20-22-29)25-39(32(24-26-10-3-1-4-11-26)36(42)38-30-14-5-2-6-15-30)34(41)18-9-23-40-31-16-7-12-28-13-8-17-33(35(28)31)45(40,43)44/h1,3-4,7-8,10-13,16-17,19-22,30,32H,2,5-6,9,14-15,18,23-25H2,(H,38,42)/t32-/m1/s1. The number of halogens is 1. The first kappa shape index (κ1) is 31.1. The van der Waals surface area contributed by atoms with E-state index in [4.69, 9.17) is 11.6 Å². The molecule has 0 radical (unpaired) electrons. The average molecular weight is 644 g/mol. The van der Waals surface area contributed by atoms with E-state index in [1.165, 1.54) is 10.7 Å². The van der Waals surface area contributed by atoms with Gasteiger partial charge >= 0.3 is 0 Å². The summed E-state index contributed by atoms with van der Waals surface area (Å²) in [6.45, 7) is 0.395. The summed E-state index contributed by atoms with van der Waals surface area (Å²) in [6, 6.07) is 27.3. The summed E-state index contributed by atoms with van der Waals surface area (Å²) in [7, 11) is -3.72. The molecule has 0 saturated heterocycles. The molecule has 2 amide bonds. The van der Waals surface area contributed by atoms with E-state index in [2.05, 4.69) is 5.32 Å². The van der Waals surface area contributed by atoms with Gasteiger partial charge in [0.25, 0.3) is 10.0 Å². The van der Waals surface area contributed by atoms with E-state index in [9.17, 15) is 18.0 Å². The van der Waals surface area contributed by atoms with Crippen molar-refractivity contribution in [3.8, 4) is 0 Å². The number of rotatable bonds is 11. The maximum atomic E-state index is 14.1. The van der Waals surface area contributed by atoms with Gasteiger partial charge in [-0.15, -0.1) is 0 Å². The second kappa shape index (κ2) is 13.6. The number of amides is 2. The Kier molecular flexibility index (Phi) is 9.42. The van der Waals surface area contributed by atoms with Crippen LogP contribution in [0.2, 0.25) is 5.02 Å². The molecule has 6 rings (SSSR count). The first-order chi connectivity index (χ1) is 21.8. The molecule has 1 atom stereocenters. The van der Waals surface area contributed by atoms with Gasteiger partial charge < -0.3 is 10.2 Å². The highest BCUT2D eigenvalue weighted by atomic mass is 35.5. The van der Waals surface area contributed by atoms with Gasteiger partial charge in [0.05, 0.1) is 10.6 Å². The summed E-state index contributed by atoms with van der Waals surface area (Å²) >= 11 is 6.16. The molecule has 0 aromatic heterocycles. The molecular formula is C36H38ClN3O4S. The summed E-state index contributed by atoms with van der Waals surface area (Å²) in [4.78, 5) is 30.1. The fourth-order valence-electron chi connectivity index (χ4n) is 6.60. The van der Waals surface area contributed by atoms with Crippen molar-refractivity contribution < 1.29 is 18.0 Å². The second-order valence-electron chi connectivity index (χ2n) is 12.0. The number of benzene rings is 4. The Morgan fingerprint density at radius 2 is 1.58 bits per heavy atom. The number of anilines is 1. The van der Waals surface area contributed by atoms with Crippen LogP contribution in [0.1, 0.15) is 56.1 Å². The van der Waals surface area contributed by atoms with Crippen molar-refractivity contribution in [3.05, 3.63) is 107 Å². The number of nitrogens with zero attached hydrogens (tertiary/aromatic N) is 2. The van der Waals surface area contributed by atoms with Gasteiger partial charge in [-0.3, -0.25) is 13.9 Å². The molecule has 4 aromatic rings. The topological polar surface area (TPSA) is 86.8 Å². The highest BCUT2D eigenvalue weighted by Gasteiger charge is 2.36. The minimum atomic E-state index is -3.72. The van der Waals surface area contributed by atoms with Gasteiger partial charge in [0.1, 0.15) is 6.04 Å². The van der Waals surface area contributed by atoms with Crippen molar-refractivity contribution in [2.45, 2.75) is 74.9 Å². The number of hydrogen-bond donors (Lipinski definition) is 1. The fourth-order valence-corrected chi connectivity index (χ4v) is 8.48. The molecule has 9 heteroatoms. The molecule has 1 aliphatic heterocycles. The third-order valence-corrected chi connectivity index (χ3v) is 11.0. The quantitative estimate of drug-likeness (QED) is 0.193. The smallest absolute Gasteiger partial charge is 0.265 e. The number of carbonyl (C=O) groups is 2. The van der Waals surface area contributed by atoms with Crippen LogP contribution in [0.4, 0.5) is 5.69 Å². The summed E-state index contributed by atoms with van der Waals surface area (Å²) in [5, 5.41) is 5.44. The molecule has 45 heavy (non-hydrogen) atoms. The molecule has 0 unspecified atom stereocenters. The molecular weight excluding hydrogens is 606 g/mol. The van der Waals surface area contributed by atoms with E-state index >= 15 is 0 Å². The molecule has 2 aliphatic rings. The number of hydrogen-bond acceptors (Lipinski definition) is 4. The molecule has 4 aromatic carbocycles. The second-order valence-corrected chi connectivity index (χ2v) is 14.3. The van der Waals surface area contributed by atoms with Crippen LogP contribution < -0.4 is 9.62 Å². The Morgan fingerprint density at radius 1 is 0.867 bits per heavy atom. The SMILES string of the molecule is O=C(NC1CCCCC1)[C@@H](Cc1ccccc1)N(Cc1ccc(Cl)cc1)C(=O)CCCN1c2cccc3cccc(c23)S1(=O)=O. The lowest BCUT2D eigenvalue weighted by molar-refractivity contribution is -0.141. The zero-order chi connectivity index (χ0) is 31.4. The van der Waals surface area contributed by atoms with Gasteiger partial charge in [0.15, 0.2) is 0 Å². The lowest BCUT2D eigenvalue weighted by Crippen LogP contribution is -2.52. The number of carbonyl (C=O) groups excluding carboxylic acids is 2. The van der Waals surface area contributed by atoms with E-state index in [-0.39, 0.29) is 37.4 Å². The van der Waals surface area contributed by atoms with Gasteiger partial charge in [-0.2, -0.15) is 0 Å². The highest BCUT2D eigenvalue weighted by molar-refractivity contribution is 7.93. The molecule has 7 nitrogen and oxygen atoms in total. The maximum absolute atomic E-state index is 14.1. The maximum Gasteiger partial charge on any atom is 0.265 e. The summed E-state index contributed by atoms with van der Waals surface area (Å²) in [5.41, 5.74) is 2.46. The minimum Gasteiger partial charge on any atom is -0.352 e. The van der Waals surface area contributed by atoms with E-state index in [1.54, 1.807) is 29.2 Å². The molecule has 0 bridgehead atoms. The monoisotopic (exact) mass is 643 g/mol. The van der Waals surface area contributed by atoms with Gasteiger partial charge in [-0.25, -0.2) is 8.42 Å². The van der Waals surface area contributed by atoms with Crippen LogP contribution in [0.15, 0.2) is 95.9 Å². The third kappa shape index (κ3) is 6.87. The van der Waals surface area contributed by atoms with Crippen molar-refractivity contribution in [1.82, 2.24) is 10.2 Å². The third-order valence-electron chi connectivity index (χ3n) is 8.92. The summed E-state index contributed by atoms with van der Waals surface area (Å²) in [5.74, 6) is -0.352. The lowest BCUT2D eigenvalue weighted by Gasteiger charge is -2.33. The van der Waals surface area contributed by atoms with Crippen LogP contribution in [-0.4, -0.2) is 43.8 Å². The van der Waals surface area contributed by atoms with Gasteiger partial charge in [0, 0.05) is 42.4 Å². The summed E-state index contributed by atoms with van der Waals surface area (Å²) < 4.78 is 28.4. The Hall–Kier alpha value is -3.88. The molecule has 1 aliphatic carbocycles. The number of nitrogens with one attached hydrogen (secondary N) is 1. The van der Waals surface area contributed by atoms with E-state index < -0.39 is 16.1 Å². The fraction of sp³-hybridized carbons (Fsp3) is 0.333. The largest absolute Gasteiger partial charge is 0.352 e. The first-order valence-corrected chi connectivity index (χ1v) is 17.6. The van der Waals surface area contributed by atoms with E-state index in [0.29, 0.717) is 28.4 Å². The highest BCUT2D eigenvalue weighted by Crippen LogP contribution is 2.42. The Bertz CT molecular complexity index is 1770. The van der Waals surface area contributed by atoms with Crippen molar-refractivity contribution in [3.63, 3.8) is 0 Å². The predicted molar refractivity (Wildman–Crippen MR) is 179 cm³/mol. The zero-order valence-electron chi connectivity index (χ0n) is 25.2. The van der Waals surface area contributed by atoms with Gasteiger partial charge in [-0.05, 0) is 60.0 Å². The van der Waals surface area contributed by atoms with Crippen LogP contribution in [-0.2, 0) is 32.6 Å². The Morgan fingerprint density at radius 3 is 2.31 bits per heavy atom. The molecule has 1 N–H and O–H groups in total. The Labute approximate surface area is 270 Å². The van der Waals surface area contributed by atoms with Crippen molar-refractivity contribution in [1.29, 1.82) is 0 Å². The molecule has 1 fully saturated rings.